The fourth-order valence-electron chi connectivity index (χ4n) is 5.46. The molecule has 0 bridgehead atoms. The van der Waals surface area contributed by atoms with Crippen molar-refractivity contribution in [2.24, 2.45) is 5.92 Å². The molecule has 3 N–H and O–H groups in total. The summed E-state index contributed by atoms with van der Waals surface area (Å²) in [5, 5.41) is 10.7. The van der Waals surface area contributed by atoms with E-state index in [-0.39, 0.29) is 6.54 Å². The monoisotopic (exact) mass is 667 g/mol. The zero-order chi connectivity index (χ0) is 35.9. The first-order valence-corrected chi connectivity index (χ1v) is 16.6. The standard InChI is InChI=1S/C40H49N3O6/c1-25(2)21-26-13-15-27(16-14-26)33-12-10-11-28-22-29(17-20-34(28)33)32-19-18-30(35(44)47-9)23-31(32)24-41-36(42-37(45)48-39(3,4)5)43-38(46)49-40(6,7)8/h10-20,22-23,25,36,41H,21,24H2,1-9H3,(H,42,45)(H,43,46). The van der Waals surface area contributed by atoms with Gasteiger partial charge in [-0.1, -0.05) is 74.5 Å². The van der Waals surface area contributed by atoms with Crippen molar-refractivity contribution in [3.63, 3.8) is 0 Å². The lowest BCUT2D eigenvalue weighted by Crippen LogP contribution is -2.57. The van der Waals surface area contributed by atoms with Gasteiger partial charge >= 0.3 is 18.2 Å². The topological polar surface area (TPSA) is 115 Å². The van der Waals surface area contributed by atoms with Gasteiger partial charge in [0.25, 0.3) is 0 Å². The van der Waals surface area contributed by atoms with E-state index in [1.807, 2.05) is 6.07 Å². The van der Waals surface area contributed by atoms with Crippen molar-refractivity contribution in [2.45, 2.75) is 85.8 Å². The van der Waals surface area contributed by atoms with E-state index in [1.165, 1.54) is 12.7 Å². The highest BCUT2D eigenvalue weighted by atomic mass is 16.6. The van der Waals surface area contributed by atoms with Gasteiger partial charge in [-0.15, -0.1) is 0 Å². The van der Waals surface area contributed by atoms with Crippen LogP contribution < -0.4 is 16.0 Å². The second-order valence-electron chi connectivity index (χ2n) is 14.5. The highest BCUT2D eigenvalue weighted by Crippen LogP contribution is 2.34. The molecule has 0 saturated carbocycles. The second kappa shape index (κ2) is 15.6. The molecule has 0 saturated heterocycles. The summed E-state index contributed by atoms with van der Waals surface area (Å²) in [5.74, 6) is 0.114. The van der Waals surface area contributed by atoms with Crippen molar-refractivity contribution in [2.75, 3.05) is 7.11 Å². The van der Waals surface area contributed by atoms with Crippen molar-refractivity contribution in [3.8, 4) is 22.3 Å². The molecule has 0 aliphatic heterocycles. The molecule has 0 unspecified atom stereocenters. The van der Waals surface area contributed by atoms with Crippen LogP contribution >= 0.6 is 0 Å². The van der Waals surface area contributed by atoms with Crippen LogP contribution in [0, 0.1) is 5.92 Å². The van der Waals surface area contributed by atoms with Crippen LogP contribution in [0.5, 0.6) is 0 Å². The number of hydrogen-bond donors (Lipinski definition) is 3. The molecule has 0 aliphatic carbocycles. The number of benzene rings is 4. The molecule has 0 spiro atoms. The van der Waals surface area contributed by atoms with Crippen LogP contribution in [0.3, 0.4) is 0 Å². The Bertz CT molecular complexity index is 1760. The average molecular weight is 668 g/mol. The lowest BCUT2D eigenvalue weighted by Gasteiger charge is -2.27. The van der Waals surface area contributed by atoms with Crippen LogP contribution in [-0.4, -0.2) is 42.8 Å². The number of esters is 1. The van der Waals surface area contributed by atoms with Crippen molar-refractivity contribution in [3.05, 3.63) is 95.6 Å². The van der Waals surface area contributed by atoms with Crippen molar-refractivity contribution in [1.29, 1.82) is 0 Å². The first kappa shape index (κ1) is 36.9. The molecule has 9 heteroatoms. The van der Waals surface area contributed by atoms with E-state index < -0.39 is 35.6 Å². The summed E-state index contributed by atoms with van der Waals surface area (Å²) in [6, 6.07) is 26.7. The largest absolute Gasteiger partial charge is 0.465 e. The Hall–Kier alpha value is -4.89. The molecule has 4 rings (SSSR count). The molecule has 0 heterocycles. The summed E-state index contributed by atoms with van der Waals surface area (Å²) in [5.41, 5.74) is 5.01. The molecular formula is C40H49N3O6. The number of ether oxygens (including phenoxy) is 3. The van der Waals surface area contributed by atoms with Crippen molar-refractivity contribution < 1.29 is 28.6 Å². The molecule has 0 aromatic heterocycles. The van der Waals surface area contributed by atoms with Gasteiger partial charge in [0.2, 0.25) is 0 Å². The van der Waals surface area contributed by atoms with Gasteiger partial charge in [0.15, 0.2) is 6.29 Å². The predicted octanol–water partition coefficient (Wildman–Crippen LogP) is 8.58. The SMILES string of the molecule is COC(=O)c1ccc(-c2ccc3c(-c4ccc(CC(C)C)cc4)cccc3c2)c(CNC(NC(=O)OC(C)(C)C)NC(=O)OC(C)(C)C)c1. The van der Waals surface area contributed by atoms with Gasteiger partial charge in [-0.05, 0) is 116 Å². The summed E-state index contributed by atoms with van der Waals surface area (Å²) >= 11 is 0. The van der Waals surface area contributed by atoms with Crippen LogP contribution in [0.15, 0.2) is 78.9 Å². The second-order valence-corrected chi connectivity index (χ2v) is 14.5. The van der Waals surface area contributed by atoms with Gasteiger partial charge in [-0.2, -0.15) is 0 Å². The van der Waals surface area contributed by atoms with E-state index in [1.54, 1.807) is 53.7 Å². The van der Waals surface area contributed by atoms with Crippen LogP contribution in [0.2, 0.25) is 0 Å². The number of fused-ring (bicyclic) bond motifs is 1. The third-order valence-corrected chi connectivity index (χ3v) is 7.45. The van der Waals surface area contributed by atoms with Crippen LogP contribution in [0.25, 0.3) is 33.0 Å². The maximum Gasteiger partial charge on any atom is 0.410 e. The Kier molecular flexibility index (Phi) is 11.7. The minimum atomic E-state index is -1.06. The number of carbonyl (C=O) groups excluding carboxylic acids is 3. The third kappa shape index (κ3) is 10.8. The molecular weight excluding hydrogens is 618 g/mol. The first-order valence-electron chi connectivity index (χ1n) is 16.6. The van der Waals surface area contributed by atoms with Gasteiger partial charge in [0.05, 0.1) is 12.7 Å². The highest BCUT2D eigenvalue weighted by molar-refractivity contribution is 5.99. The normalized spacial score (nSPS) is 11.8. The summed E-state index contributed by atoms with van der Waals surface area (Å²) in [6.07, 6.45) is -1.49. The number of hydrogen-bond acceptors (Lipinski definition) is 7. The third-order valence-electron chi connectivity index (χ3n) is 7.45. The molecule has 4 aromatic carbocycles. The Morgan fingerprint density at radius 2 is 1.33 bits per heavy atom. The fraction of sp³-hybridized carbons (Fsp3) is 0.375. The van der Waals surface area contributed by atoms with Crippen molar-refractivity contribution >= 4 is 28.9 Å². The number of nitrogens with one attached hydrogen (secondary N) is 3. The van der Waals surface area contributed by atoms with E-state index in [0.29, 0.717) is 11.5 Å². The Morgan fingerprint density at radius 1 is 0.714 bits per heavy atom. The van der Waals surface area contributed by atoms with Gasteiger partial charge < -0.3 is 14.2 Å². The van der Waals surface area contributed by atoms with E-state index in [4.69, 9.17) is 14.2 Å². The van der Waals surface area contributed by atoms with E-state index in [9.17, 15) is 14.4 Å². The molecule has 0 aliphatic rings. The van der Waals surface area contributed by atoms with Crippen LogP contribution in [0.1, 0.15) is 76.9 Å². The fourth-order valence-corrected chi connectivity index (χ4v) is 5.46. The molecule has 4 aromatic rings. The number of carbonyl (C=O) groups is 3. The van der Waals surface area contributed by atoms with E-state index in [0.717, 1.165) is 45.0 Å². The minimum Gasteiger partial charge on any atom is -0.465 e. The lowest BCUT2D eigenvalue weighted by molar-refractivity contribution is 0.0404. The van der Waals surface area contributed by atoms with E-state index >= 15 is 0 Å². The van der Waals surface area contributed by atoms with Gasteiger partial charge in [-0.25, -0.2) is 14.4 Å². The van der Waals surface area contributed by atoms with Crippen LogP contribution in [-0.2, 0) is 27.2 Å². The minimum absolute atomic E-state index is 0.150. The number of rotatable bonds is 10. The summed E-state index contributed by atoms with van der Waals surface area (Å²) < 4.78 is 15.8. The molecule has 49 heavy (non-hydrogen) atoms. The Labute approximate surface area is 289 Å². The van der Waals surface area contributed by atoms with Crippen LogP contribution in [0.4, 0.5) is 9.59 Å². The maximum absolute atomic E-state index is 12.7. The molecule has 260 valence electrons. The number of methoxy groups -OCH3 is 1. The van der Waals surface area contributed by atoms with Crippen molar-refractivity contribution in [1.82, 2.24) is 16.0 Å². The summed E-state index contributed by atoms with van der Waals surface area (Å²) in [4.78, 5) is 37.9. The predicted molar refractivity (Wildman–Crippen MR) is 194 cm³/mol. The lowest BCUT2D eigenvalue weighted by atomic mass is 9.92. The van der Waals surface area contributed by atoms with Gasteiger partial charge in [0.1, 0.15) is 11.2 Å². The molecule has 0 fully saturated rings. The number of amides is 2. The van der Waals surface area contributed by atoms with Gasteiger partial charge in [0, 0.05) is 6.54 Å². The molecule has 2 amide bonds. The summed E-state index contributed by atoms with van der Waals surface area (Å²) in [6.45, 7) is 15.1. The maximum atomic E-state index is 12.7. The smallest absolute Gasteiger partial charge is 0.410 e. The molecule has 0 radical (unpaired) electrons. The Morgan fingerprint density at radius 3 is 1.90 bits per heavy atom. The quantitative estimate of drug-likeness (QED) is 0.0882. The summed E-state index contributed by atoms with van der Waals surface area (Å²) in [7, 11) is 1.33. The molecule has 9 nitrogen and oxygen atoms in total. The first-order chi connectivity index (χ1) is 23.0. The zero-order valence-corrected chi connectivity index (χ0v) is 30.0. The molecule has 0 atom stereocenters. The van der Waals surface area contributed by atoms with Gasteiger partial charge in [-0.3, -0.25) is 16.0 Å². The van der Waals surface area contributed by atoms with E-state index in [2.05, 4.69) is 90.5 Å². The average Bonchev–Trinajstić information content (AvgIpc) is 3.01. The Balaban J connectivity index is 1.67. The number of alkyl carbamates (subject to hydrolysis) is 2. The zero-order valence-electron chi connectivity index (χ0n) is 30.0. The highest BCUT2D eigenvalue weighted by Gasteiger charge is 2.24.